The number of hydrogen-bond acceptors (Lipinski definition) is 4. The molecule has 1 amide bonds. The van der Waals surface area contributed by atoms with Crippen LogP contribution < -0.4 is 15.2 Å². The fourth-order valence-corrected chi connectivity index (χ4v) is 4.78. The standard InChI is InChI=1S/C27H22IN3O3/c1-3-13-30-24-10-5-4-9-20(24)21(26(30)32)16-25-29-23-12-11-17(28)14-22(23)27(33)31(25)18-7-6-8-19(15-18)34-2/h4-12,14-16H,3,13H2,1-2H3. The molecule has 7 heteroatoms. The van der Waals surface area contributed by atoms with E-state index in [4.69, 9.17) is 9.72 Å². The first-order valence-corrected chi connectivity index (χ1v) is 12.1. The number of rotatable bonds is 5. The Morgan fingerprint density at radius 1 is 1.03 bits per heavy atom. The van der Waals surface area contributed by atoms with Crippen molar-refractivity contribution in [3.05, 3.63) is 92.0 Å². The Morgan fingerprint density at radius 2 is 1.85 bits per heavy atom. The van der Waals surface area contributed by atoms with Crippen LogP contribution in [0.25, 0.3) is 28.2 Å². The lowest BCUT2D eigenvalue weighted by atomic mass is 10.1. The molecule has 4 aromatic rings. The number of aromatic nitrogens is 2. The zero-order valence-electron chi connectivity index (χ0n) is 18.8. The first kappa shape index (κ1) is 22.3. The number of anilines is 1. The first-order chi connectivity index (χ1) is 16.5. The largest absolute Gasteiger partial charge is 0.497 e. The number of halogens is 1. The summed E-state index contributed by atoms with van der Waals surface area (Å²) in [6, 6.07) is 20.6. The Labute approximate surface area is 210 Å². The van der Waals surface area contributed by atoms with Crippen molar-refractivity contribution in [2.24, 2.45) is 0 Å². The first-order valence-electron chi connectivity index (χ1n) is 11.0. The molecule has 5 rings (SSSR count). The summed E-state index contributed by atoms with van der Waals surface area (Å²) in [6.07, 6.45) is 2.57. The van der Waals surface area contributed by atoms with E-state index in [9.17, 15) is 9.59 Å². The lowest BCUT2D eigenvalue weighted by Gasteiger charge is -2.15. The molecule has 0 bridgehead atoms. The van der Waals surface area contributed by atoms with E-state index in [0.717, 1.165) is 21.2 Å². The highest BCUT2D eigenvalue weighted by Crippen LogP contribution is 2.37. The summed E-state index contributed by atoms with van der Waals surface area (Å²) in [7, 11) is 1.59. The fraction of sp³-hybridized carbons (Fsp3) is 0.148. The number of nitrogens with zero attached hydrogens (tertiary/aromatic N) is 3. The molecule has 1 aromatic heterocycles. The molecule has 0 spiro atoms. The minimum Gasteiger partial charge on any atom is -0.497 e. The molecule has 3 aromatic carbocycles. The van der Waals surface area contributed by atoms with Crippen molar-refractivity contribution in [1.29, 1.82) is 0 Å². The van der Waals surface area contributed by atoms with Gasteiger partial charge in [0, 0.05) is 21.7 Å². The van der Waals surface area contributed by atoms with E-state index in [1.807, 2.05) is 67.6 Å². The van der Waals surface area contributed by atoms with E-state index in [-0.39, 0.29) is 11.5 Å². The maximum atomic E-state index is 13.7. The van der Waals surface area contributed by atoms with Crippen molar-refractivity contribution in [3.8, 4) is 11.4 Å². The highest BCUT2D eigenvalue weighted by Gasteiger charge is 2.32. The number of amides is 1. The highest BCUT2D eigenvalue weighted by molar-refractivity contribution is 14.1. The fourth-order valence-electron chi connectivity index (χ4n) is 4.29. The summed E-state index contributed by atoms with van der Waals surface area (Å²) in [6.45, 7) is 2.67. The van der Waals surface area contributed by atoms with Crippen LogP contribution in [0.2, 0.25) is 0 Å². The monoisotopic (exact) mass is 563 g/mol. The van der Waals surface area contributed by atoms with Crippen molar-refractivity contribution >= 4 is 56.7 Å². The number of hydrogen-bond donors (Lipinski definition) is 0. The third-order valence-electron chi connectivity index (χ3n) is 5.85. The Bertz CT molecular complexity index is 1520. The second-order valence-electron chi connectivity index (χ2n) is 8.01. The summed E-state index contributed by atoms with van der Waals surface area (Å²) in [5, 5.41) is 0.516. The normalized spacial score (nSPS) is 14.1. The molecule has 0 saturated heterocycles. The maximum Gasteiger partial charge on any atom is 0.266 e. The molecule has 0 aliphatic carbocycles. The second kappa shape index (κ2) is 9.06. The van der Waals surface area contributed by atoms with Gasteiger partial charge in [0.25, 0.3) is 11.5 Å². The molecule has 0 saturated carbocycles. The van der Waals surface area contributed by atoms with Crippen LogP contribution in [-0.2, 0) is 4.79 Å². The highest BCUT2D eigenvalue weighted by atomic mass is 127. The van der Waals surface area contributed by atoms with Gasteiger partial charge in [0.1, 0.15) is 11.6 Å². The van der Waals surface area contributed by atoms with Gasteiger partial charge in [-0.2, -0.15) is 0 Å². The zero-order chi connectivity index (χ0) is 23.8. The van der Waals surface area contributed by atoms with Gasteiger partial charge < -0.3 is 9.64 Å². The number of para-hydroxylation sites is 1. The van der Waals surface area contributed by atoms with E-state index in [1.54, 1.807) is 28.7 Å². The minimum absolute atomic E-state index is 0.0859. The van der Waals surface area contributed by atoms with Gasteiger partial charge in [0.15, 0.2) is 0 Å². The third-order valence-corrected chi connectivity index (χ3v) is 6.52. The number of ether oxygens (including phenoxy) is 1. The second-order valence-corrected chi connectivity index (χ2v) is 9.25. The quantitative estimate of drug-likeness (QED) is 0.245. The SMILES string of the molecule is CCCN1C(=O)C(=Cc2nc3ccc(I)cc3c(=O)n2-c2cccc(OC)c2)c2ccccc21. The molecular weight excluding hydrogens is 541 g/mol. The van der Waals surface area contributed by atoms with Crippen LogP contribution >= 0.6 is 22.6 Å². The van der Waals surface area contributed by atoms with Crippen LogP contribution in [0.5, 0.6) is 5.75 Å². The maximum absolute atomic E-state index is 13.7. The third kappa shape index (κ3) is 3.79. The number of fused-ring (bicyclic) bond motifs is 2. The molecule has 0 unspecified atom stereocenters. The summed E-state index contributed by atoms with van der Waals surface area (Å²) < 4.78 is 7.88. The molecule has 2 heterocycles. The summed E-state index contributed by atoms with van der Waals surface area (Å²) in [4.78, 5) is 33.8. The van der Waals surface area contributed by atoms with Gasteiger partial charge in [-0.05, 0) is 71.5 Å². The van der Waals surface area contributed by atoms with Crippen molar-refractivity contribution in [1.82, 2.24) is 9.55 Å². The minimum atomic E-state index is -0.201. The molecule has 0 atom stereocenters. The molecule has 0 fully saturated rings. The average Bonchev–Trinajstić information content (AvgIpc) is 3.11. The van der Waals surface area contributed by atoms with E-state index < -0.39 is 0 Å². The van der Waals surface area contributed by atoms with Gasteiger partial charge >= 0.3 is 0 Å². The Kier molecular flexibility index (Phi) is 5.95. The van der Waals surface area contributed by atoms with E-state index in [1.165, 1.54) is 0 Å². The molecule has 0 N–H and O–H groups in total. The van der Waals surface area contributed by atoms with Crippen molar-refractivity contribution in [2.75, 3.05) is 18.6 Å². The van der Waals surface area contributed by atoms with Crippen LogP contribution in [0.4, 0.5) is 5.69 Å². The van der Waals surface area contributed by atoms with E-state index in [0.29, 0.717) is 40.3 Å². The van der Waals surface area contributed by atoms with Gasteiger partial charge in [-0.3, -0.25) is 14.2 Å². The predicted octanol–water partition coefficient (Wildman–Crippen LogP) is 5.30. The van der Waals surface area contributed by atoms with Gasteiger partial charge in [0.05, 0.1) is 35.0 Å². The van der Waals surface area contributed by atoms with E-state index >= 15 is 0 Å². The average molecular weight is 563 g/mol. The van der Waals surface area contributed by atoms with Crippen LogP contribution in [0.1, 0.15) is 24.7 Å². The van der Waals surface area contributed by atoms with Crippen LogP contribution in [-0.4, -0.2) is 29.1 Å². The molecule has 170 valence electrons. The van der Waals surface area contributed by atoms with Crippen molar-refractivity contribution < 1.29 is 9.53 Å². The summed E-state index contributed by atoms with van der Waals surface area (Å²) in [5.74, 6) is 0.933. The number of carbonyl (C=O) groups is 1. The van der Waals surface area contributed by atoms with Gasteiger partial charge in [0.2, 0.25) is 0 Å². The zero-order valence-corrected chi connectivity index (χ0v) is 20.9. The molecular formula is C27H22IN3O3. The van der Waals surface area contributed by atoms with Crippen LogP contribution in [0.3, 0.4) is 0 Å². The lowest BCUT2D eigenvalue weighted by molar-refractivity contribution is -0.113. The van der Waals surface area contributed by atoms with E-state index in [2.05, 4.69) is 22.6 Å². The van der Waals surface area contributed by atoms with Gasteiger partial charge in [-0.15, -0.1) is 0 Å². The molecule has 1 aliphatic heterocycles. The lowest BCUT2D eigenvalue weighted by Crippen LogP contribution is -2.27. The molecule has 34 heavy (non-hydrogen) atoms. The number of carbonyl (C=O) groups excluding carboxylic acids is 1. The Balaban J connectivity index is 1.80. The Hall–Kier alpha value is -3.46. The number of benzene rings is 3. The van der Waals surface area contributed by atoms with Crippen LogP contribution in [0, 0.1) is 3.57 Å². The van der Waals surface area contributed by atoms with Crippen LogP contribution in [0.15, 0.2) is 71.5 Å². The van der Waals surface area contributed by atoms with Gasteiger partial charge in [-0.25, -0.2) is 4.98 Å². The molecule has 6 nitrogen and oxygen atoms in total. The predicted molar refractivity (Wildman–Crippen MR) is 144 cm³/mol. The summed E-state index contributed by atoms with van der Waals surface area (Å²) in [5.41, 5.74) is 3.25. The van der Waals surface area contributed by atoms with Crippen molar-refractivity contribution in [2.45, 2.75) is 13.3 Å². The topological polar surface area (TPSA) is 64.4 Å². The molecule has 1 aliphatic rings. The summed E-state index contributed by atoms with van der Waals surface area (Å²) >= 11 is 2.19. The smallest absolute Gasteiger partial charge is 0.266 e. The van der Waals surface area contributed by atoms with Gasteiger partial charge in [-0.1, -0.05) is 31.2 Å². The molecule has 0 radical (unpaired) electrons. The van der Waals surface area contributed by atoms with Crippen molar-refractivity contribution in [3.63, 3.8) is 0 Å². The number of methoxy groups -OCH3 is 1. The Morgan fingerprint density at radius 3 is 2.65 bits per heavy atom.